The van der Waals surface area contributed by atoms with Gasteiger partial charge < -0.3 is 20.1 Å². The molecule has 7 heteroatoms. The highest BCUT2D eigenvalue weighted by molar-refractivity contribution is 5.56. The molecule has 0 aliphatic carbocycles. The number of nitro groups is 1. The Labute approximate surface area is 92.5 Å². The van der Waals surface area contributed by atoms with E-state index in [9.17, 15) is 15.2 Å². The van der Waals surface area contributed by atoms with Crippen molar-refractivity contribution in [1.82, 2.24) is 9.55 Å². The smallest absolute Gasteiger partial charge is 0.394 e. The molecule has 0 amide bonds. The lowest BCUT2D eigenvalue weighted by Crippen LogP contribution is -2.33. The van der Waals surface area contributed by atoms with E-state index in [1.807, 2.05) is 4.90 Å². The van der Waals surface area contributed by atoms with Gasteiger partial charge in [-0.3, -0.25) is 4.57 Å². The predicted octanol–water partition coefficient (Wildman–Crippen LogP) is 0.289. The van der Waals surface area contributed by atoms with Crippen molar-refractivity contribution in [2.45, 2.75) is 18.9 Å². The highest BCUT2D eigenvalue weighted by Gasteiger charge is 2.32. The summed E-state index contributed by atoms with van der Waals surface area (Å²) in [5, 5.41) is 20.0. The van der Waals surface area contributed by atoms with Crippen molar-refractivity contribution < 1.29 is 10.0 Å². The number of hydrogen-bond donors (Lipinski definition) is 1. The Morgan fingerprint density at radius 1 is 1.75 bits per heavy atom. The molecule has 0 bridgehead atoms. The van der Waals surface area contributed by atoms with Gasteiger partial charge in [-0.2, -0.15) is 0 Å². The van der Waals surface area contributed by atoms with Crippen molar-refractivity contribution >= 4 is 11.6 Å². The first-order valence-corrected chi connectivity index (χ1v) is 5.18. The third-order valence-electron chi connectivity index (χ3n) is 2.92. The molecule has 1 atom stereocenters. The van der Waals surface area contributed by atoms with Crippen molar-refractivity contribution in [1.29, 1.82) is 0 Å². The first-order chi connectivity index (χ1) is 7.65. The van der Waals surface area contributed by atoms with Crippen molar-refractivity contribution in [3.05, 3.63) is 16.4 Å². The van der Waals surface area contributed by atoms with Crippen LogP contribution in [-0.4, -0.2) is 38.8 Å². The summed E-state index contributed by atoms with van der Waals surface area (Å²) in [6, 6.07) is -0.0332. The summed E-state index contributed by atoms with van der Waals surface area (Å²) in [6.07, 6.45) is 3.23. The summed E-state index contributed by atoms with van der Waals surface area (Å²) >= 11 is 0. The molecule has 2 rings (SSSR count). The first-order valence-electron chi connectivity index (χ1n) is 5.18. The van der Waals surface area contributed by atoms with E-state index >= 15 is 0 Å². The monoisotopic (exact) mass is 226 g/mol. The molecule has 1 fully saturated rings. The summed E-state index contributed by atoms with van der Waals surface area (Å²) < 4.78 is 1.63. The second kappa shape index (κ2) is 4.09. The SMILES string of the molecule is Cn1cnc([N+](=O)[O-])c1N1CCC[C@H]1CO. The van der Waals surface area contributed by atoms with Gasteiger partial charge in [0.1, 0.15) is 0 Å². The average Bonchev–Trinajstić information content (AvgIpc) is 2.82. The van der Waals surface area contributed by atoms with Gasteiger partial charge in [0.2, 0.25) is 12.1 Å². The lowest BCUT2D eigenvalue weighted by Gasteiger charge is -2.23. The van der Waals surface area contributed by atoms with Crippen LogP contribution in [0.25, 0.3) is 0 Å². The van der Waals surface area contributed by atoms with Gasteiger partial charge in [0.25, 0.3) is 0 Å². The molecule has 16 heavy (non-hydrogen) atoms. The van der Waals surface area contributed by atoms with Gasteiger partial charge in [-0.25, -0.2) is 0 Å². The minimum absolute atomic E-state index is 0.0162. The van der Waals surface area contributed by atoms with E-state index in [1.54, 1.807) is 11.6 Å². The Morgan fingerprint density at radius 3 is 3.12 bits per heavy atom. The number of aliphatic hydroxyl groups is 1. The molecule has 88 valence electrons. The number of anilines is 1. The van der Waals surface area contributed by atoms with Crippen molar-refractivity contribution in [2.75, 3.05) is 18.1 Å². The molecular weight excluding hydrogens is 212 g/mol. The Bertz CT molecular complexity index is 403. The fourth-order valence-electron chi connectivity index (χ4n) is 2.18. The maximum Gasteiger partial charge on any atom is 0.406 e. The summed E-state index contributed by atoms with van der Waals surface area (Å²) in [5.74, 6) is 0.351. The van der Waals surface area contributed by atoms with Gasteiger partial charge in [-0.05, 0) is 22.7 Å². The fraction of sp³-hybridized carbons (Fsp3) is 0.667. The van der Waals surface area contributed by atoms with E-state index in [4.69, 9.17) is 0 Å². The van der Waals surface area contributed by atoms with Crippen LogP contribution in [0.3, 0.4) is 0 Å². The van der Waals surface area contributed by atoms with Crippen molar-refractivity contribution in [3.63, 3.8) is 0 Å². The molecule has 1 aliphatic rings. The summed E-state index contributed by atoms with van der Waals surface area (Å²) in [6.45, 7) is 0.744. The lowest BCUT2D eigenvalue weighted by molar-refractivity contribution is -0.388. The topological polar surface area (TPSA) is 84.4 Å². The molecule has 0 saturated carbocycles. The molecule has 1 aliphatic heterocycles. The summed E-state index contributed by atoms with van der Waals surface area (Å²) in [4.78, 5) is 16.0. The average molecular weight is 226 g/mol. The number of hydrogen-bond acceptors (Lipinski definition) is 5. The number of nitrogens with zero attached hydrogens (tertiary/aromatic N) is 4. The van der Waals surface area contributed by atoms with E-state index in [0.717, 1.165) is 19.4 Å². The largest absolute Gasteiger partial charge is 0.406 e. The Morgan fingerprint density at radius 2 is 2.50 bits per heavy atom. The number of aliphatic hydroxyl groups excluding tert-OH is 1. The fourth-order valence-corrected chi connectivity index (χ4v) is 2.18. The van der Waals surface area contributed by atoms with Crippen LogP contribution in [0.15, 0.2) is 6.33 Å². The zero-order valence-electron chi connectivity index (χ0n) is 9.04. The number of aryl methyl sites for hydroxylation is 1. The molecule has 1 aromatic heterocycles. The molecule has 0 aromatic carbocycles. The second-order valence-electron chi connectivity index (χ2n) is 3.93. The van der Waals surface area contributed by atoms with Crippen LogP contribution in [0.1, 0.15) is 12.8 Å². The van der Waals surface area contributed by atoms with Crippen LogP contribution in [0.4, 0.5) is 11.6 Å². The van der Waals surface area contributed by atoms with Gasteiger partial charge in [-0.15, -0.1) is 0 Å². The molecule has 0 unspecified atom stereocenters. The van der Waals surface area contributed by atoms with E-state index < -0.39 is 4.92 Å². The first kappa shape index (κ1) is 10.9. The van der Waals surface area contributed by atoms with Crippen molar-refractivity contribution in [2.24, 2.45) is 7.05 Å². The van der Waals surface area contributed by atoms with Crippen LogP contribution in [-0.2, 0) is 7.05 Å². The second-order valence-corrected chi connectivity index (χ2v) is 3.93. The Hall–Kier alpha value is -1.63. The standard InChI is InChI=1S/C9H14N4O3/c1-11-6-10-8(13(15)16)9(11)12-4-2-3-7(12)5-14/h6-7,14H,2-5H2,1H3/t7-/m0/s1. The van der Waals surface area contributed by atoms with Gasteiger partial charge in [-0.1, -0.05) is 0 Å². The van der Waals surface area contributed by atoms with Crippen LogP contribution < -0.4 is 4.90 Å². The Balaban J connectivity index is 2.38. The van der Waals surface area contributed by atoms with Gasteiger partial charge in [0.05, 0.1) is 12.6 Å². The summed E-state index contributed by atoms with van der Waals surface area (Å²) in [5.41, 5.74) is 0. The molecule has 0 radical (unpaired) electrons. The third kappa shape index (κ3) is 1.63. The minimum Gasteiger partial charge on any atom is -0.394 e. The van der Waals surface area contributed by atoms with Crippen LogP contribution in [0.5, 0.6) is 0 Å². The highest BCUT2D eigenvalue weighted by atomic mass is 16.6. The molecular formula is C9H14N4O3. The minimum atomic E-state index is -0.484. The summed E-state index contributed by atoms with van der Waals surface area (Å²) in [7, 11) is 1.72. The highest BCUT2D eigenvalue weighted by Crippen LogP contribution is 2.31. The maximum absolute atomic E-state index is 10.8. The van der Waals surface area contributed by atoms with Crippen LogP contribution in [0.2, 0.25) is 0 Å². The van der Waals surface area contributed by atoms with Gasteiger partial charge in [0, 0.05) is 13.6 Å². The number of rotatable bonds is 3. The van der Waals surface area contributed by atoms with Gasteiger partial charge >= 0.3 is 5.82 Å². The number of imidazole rings is 1. The zero-order chi connectivity index (χ0) is 11.7. The van der Waals surface area contributed by atoms with E-state index in [2.05, 4.69) is 4.98 Å². The normalized spacial score (nSPS) is 20.4. The molecule has 0 spiro atoms. The van der Waals surface area contributed by atoms with Crippen LogP contribution >= 0.6 is 0 Å². The Kier molecular flexibility index (Phi) is 2.78. The lowest BCUT2D eigenvalue weighted by atomic mass is 10.2. The van der Waals surface area contributed by atoms with Crippen molar-refractivity contribution in [3.8, 4) is 0 Å². The molecule has 2 heterocycles. The molecule has 7 nitrogen and oxygen atoms in total. The van der Waals surface area contributed by atoms with Gasteiger partial charge in [0.15, 0.2) is 0 Å². The number of aromatic nitrogens is 2. The quantitative estimate of drug-likeness (QED) is 0.591. The maximum atomic E-state index is 10.8. The van der Waals surface area contributed by atoms with E-state index in [-0.39, 0.29) is 18.5 Å². The third-order valence-corrected chi connectivity index (χ3v) is 2.92. The predicted molar refractivity (Wildman–Crippen MR) is 57.3 cm³/mol. The van der Waals surface area contributed by atoms with Crippen LogP contribution in [0, 0.1) is 10.1 Å². The zero-order valence-corrected chi connectivity index (χ0v) is 9.04. The van der Waals surface area contributed by atoms with E-state index in [0.29, 0.717) is 5.82 Å². The molecule has 1 saturated heterocycles. The van der Waals surface area contributed by atoms with E-state index in [1.165, 1.54) is 6.33 Å². The molecule has 1 N–H and O–H groups in total. The molecule has 1 aromatic rings.